The van der Waals surface area contributed by atoms with Gasteiger partial charge in [-0.05, 0) is 36.6 Å². The molecular weight excluding hydrogens is 525 g/mol. The molecule has 1 unspecified atom stereocenters. The van der Waals surface area contributed by atoms with Crippen LogP contribution in [0.4, 0.5) is 0 Å². The summed E-state index contributed by atoms with van der Waals surface area (Å²) in [6.45, 7) is 15.0. The molecule has 0 bridgehead atoms. The van der Waals surface area contributed by atoms with E-state index in [1.54, 1.807) is 0 Å². The van der Waals surface area contributed by atoms with Crippen LogP contribution in [0.1, 0.15) is 42.9 Å². The van der Waals surface area contributed by atoms with Crippen molar-refractivity contribution in [1.82, 2.24) is 29.8 Å². The maximum Gasteiger partial charge on any atom is 0.194 e. The average molecular weight is 566 g/mol. The summed E-state index contributed by atoms with van der Waals surface area (Å²) in [5.74, 6) is 1.56. The highest BCUT2D eigenvalue weighted by Gasteiger charge is 2.26. The van der Waals surface area contributed by atoms with Gasteiger partial charge in [-0.2, -0.15) is 5.10 Å². The second-order valence-corrected chi connectivity index (χ2v) is 9.08. The van der Waals surface area contributed by atoms with E-state index in [4.69, 9.17) is 4.99 Å². The molecule has 1 aromatic carbocycles. The molecule has 0 amide bonds. The number of rotatable bonds is 7. The lowest BCUT2D eigenvalue weighted by Crippen LogP contribution is -2.45. The lowest BCUT2D eigenvalue weighted by Gasteiger charge is -2.34. The van der Waals surface area contributed by atoms with Crippen LogP contribution >= 0.6 is 24.0 Å². The van der Waals surface area contributed by atoms with Gasteiger partial charge >= 0.3 is 0 Å². The minimum atomic E-state index is 0. The predicted molar refractivity (Wildman–Crippen MR) is 146 cm³/mol. The molecule has 8 heteroatoms. The summed E-state index contributed by atoms with van der Waals surface area (Å²) >= 11 is 0. The van der Waals surface area contributed by atoms with Crippen molar-refractivity contribution in [3.05, 3.63) is 53.3 Å². The Hall–Kier alpha value is -1.65. The van der Waals surface area contributed by atoms with Gasteiger partial charge in [-0.15, -0.1) is 24.0 Å². The Labute approximate surface area is 216 Å². The third kappa shape index (κ3) is 7.16. The second-order valence-electron chi connectivity index (χ2n) is 9.08. The van der Waals surface area contributed by atoms with Gasteiger partial charge in [0.25, 0.3) is 0 Å². The molecule has 0 saturated carbocycles. The third-order valence-corrected chi connectivity index (χ3v) is 6.77. The van der Waals surface area contributed by atoms with Crippen LogP contribution < -0.4 is 5.32 Å². The first-order valence-electron chi connectivity index (χ1n) is 12.2. The van der Waals surface area contributed by atoms with E-state index in [1.165, 1.54) is 49.4 Å². The number of likely N-dealkylation sites (tertiary alicyclic amines) is 1. The number of nitrogens with one attached hydrogen (secondary N) is 1. The highest BCUT2D eigenvalue weighted by molar-refractivity contribution is 14.0. The van der Waals surface area contributed by atoms with Gasteiger partial charge in [0.2, 0.25) is 0 Å². The smallest absolute Gasteiger partial charge is 0.194 e. The Balaban J connectivity index is 0.00000306. The Morgan fingerprint density at radius 3 is 2.36 bits per heavy atom. The van der Waals surface area contributed by atoms with Crippen molar-refractivity contribution in [2.45, 2.75) is 39.3 Å². The molecule has 1 atom stereocenters. The lowest BCUT2D eigenvalue weighted by molar-refractivity contribution is 0.132. The zero-order valence-electron chi connectivity index (χ0n) is 20.4. The fraction of sp³-hybridized carbons (Fsp3) is 0.600. The molecule has 4 rings (SSSR count). The molecule has 2 saturated heterocycles. The van der Waals surface area contributed by atoms with Gasteiger partial charge in [0, 0.05) is 71.5 Å². The van der Waals surface area contributed by atoms with Crippen LogP contribution in [0.3, 0.4) is 0 Å². The zero-order chi connectivity index (χ0) is 22.3. The SMILES string of the molecule is CCNC(=NCc1ccc(CN2CCN(CC)CC2)cc1)N1CCC(c2cnn(C)c2)C1.I. The van der Waals surface area contributed by atoms with E-state index >= 15 is 0 Å². The third-order valence-electron chi connectivity index (χ3n) is 6.77. The summed E-state index contributed by atoms with van der Waals surface area (Å²) in [6.07, 6.45) is 5.30. The van der Waals surface area contributed by atoms with Gasteiger partial charge in [-0.25, -0.2) is 4.99 Å². The van der Waals surface area contributed by atoms with Gasteiger partial charge in [0.15, 0.2) is 5.96 Å². The van der Waals surface area contributed by atoms with Crippen molar-refractivity contribution in [2.24, 2.45) is 12.0 Å². The molecule has 1 aromatic heterocycles. The van der Waals surface area contributed by atoms with Gasteiger partial charge in [0.05, 0.1) is 12.7 Å². The lowest BCUT2D eigenvalue weighted by atomic mass is 10.0. The number of aromatic nitrogens is 2. The van der Waals surface area contributed by atoms with E-state index in [1.807, 2.05) is 17.9 Å². The average Bonchev–Trinajstić information content (AvgIpc) is 3.47. The molecule has 3 heterocycles. The Morgan fingerprint density at radius 1 is 1.03 bits per heavy atom. The minimum Gasteiger partial charge on any atom is -0.357 e. The molecule has 182 valence electrons. The maximum atomic E-state index is 4.96. The summed E-state index contributed by atoms with van der Waals surface area (Å²) in [5.41, 5.74) is 3.99. The maximum absolute atomic E-state index is 4.96. The summed E-state index contributed by atoms with van der Waals surface area (Å²) in [4.78, 5) is 12.4. The van der Waals surface area contributed by atoms with E-state index in [-0.39, 0.29) is 24.0 Å². The predicted octanol–water partition coefficient (Wildman–Crippen LogP) is 3.13. The van der Waals surface area contributed by atoms with E-state index in [2.05, 4.69) is 69.4 Å². The van der Waals surface area contributed by atoms with Crippen molar-refractivity contribution < 1.29 is 0 Å². The number of piperazine rings is 1. The van der Waals surface area contributed by atoms with Gasteiger partial charge < -0.3 is 15.1 Å². The number of aliphatic imine (C=N–C) groups is 1. The fourth-order valence-corrected chi connectivity index (χ4v) is 4.74. The molecule has 2 aliphatic rings. The molecule has 7 nitrogen and oxygen atoms in total. The van der Waals surface area contributed by atoms with E-state index in [9.17, 15) is 0 Å². The summed E-state index contributed by atoms with van der Waals surface area (Å²) in [7, 11) is 1.99. The molecular formula is C25H40IN7. The molecule has 0 aliphatic carbocycles. The molecule has 33 heavy (non-hydrogen) atoms. The number of aryl methyl sites for hydroxylation is 1. The first-order valence-corrected chi connectivity index (χ1v) is 12.2. The Morgan fingerprint density at radius 2 is 1.73 bits per heavy atom. The monoisotopic (exact) mass is 565 g/mol. The molecule has 2 aromatic rings. The number of halogens is 1. The molecule has 0 spiro atoms. The van der Waals surface area contributed by atoms with E-state index in [0.29, 0.717) is 12.5 Å². The fourth-order valence-electron chi connectivity index (χ4n) is 4.74. The van der Waals surface area contributed by atoms with Crippen LogP contribution in [0.2, 0.25) is 0 Å². The Bertz CT molecular complexity index is 871. The largest absolute Gasteiger partial charge is 0.357 e. The number of hydrogen-bond acceptors (Lipinski definition) is 4. The standard InChI is InChI=1S/C25H39N7.HI/c1-4-26-25(32-11-10-23(20-32)24-17-28-29(3)19-24)27-16-21-6-8-22(9-7-21)18-31-14-12-30(5-2)13-15-31;/h6-9,17,19,23H,4-5,10-16,18,20H2,1-3H3,(H,26,27);1H. The number of nitrogens with zero attached hydrogens (tertiary/aromatic N) is 6. The number of hydrogen-bond donors (Lipinski definition) is 1. The van der Waals surface area contributed by atoms with Crippen LogP contribution in [-0.4, -0.2) is 82.8 Å². The molecule has 0 radical (unpaired) electrons. The summed E-state index contributed by atoms with van der Waals surface area (Å²) in [6, 6.07) is 9.04. The normalized spacial score (nSPS) is 20.2. The first-order chi connectivity index (χ1) is 15.6. The topological polar surface area (TPSA) is 51.9 Å². The quantitative estimate of drug-likeness (QED) is 0.318. The first kappa shape index (κ1) is 26.0. The highest BCUT2D eigenvalue weighted by atomic mass is 127. The van der Waals surface area contributed by atoms with Gasteiger partial charge in [-0.3, -0.25) is 9.58 Å². The van der Waals surface area contributed by atoms with Crippen LogP contribution in [0.15, 0.2) is 41.7 Å². The van der Waals surface area contributed by atoms with E-state index in [0.717, 1.165) is 38.6 Å². The van der Waals surface area contributed by atoms with Gasteiger partial charge in [0.1, 0.15) is 0 Å². The van der Waals surface area contributed by atoms with E-state index < -0.39 is 0 Å². The number of benzene rings is 1. The highest BCUT2D eigenvalue weighted by Crippen LogP contribution is 2.26. The van der Waals surface area contributed by atoms with Gasteiger partial charge in [-0.1, -0.05) is 31.2 Å². The van der Waals surface area contributed by atoms with Crippen molar-refractivity contribution >= 4 is 29.9 Å². The van der Waals surface area contributed by atoms with Crippen LogP contribution in [0, 0.1) is 0 Å². The zero-order valence-corrected chi connectivity index (χ0v) is 22.7. The second kappa shape index (κ2) is 12.7. The number of likely N-dealkylation sites (N-methyl/N-ethyl adjacent to an activating group) is 1. The number of guanidine groups is 1. The summed E-state index contributed by atoms with van der Waals surface area (Å²) in [5, 5.41) is 7.83. The van der Waals surface area contributed by atoms with Crippen molar-refractivity contribution in [3.8, 4) is 0 Å². The summed E-state index contributed by atoms with van der Waals surface area (Å²) < 4.78 is 1.89. The Kier molecular flexibility index (Phi) is 10.0. The van der Waals surface area contributed by atoms with Crippen LogP contribution in [-0.2, 0) is 20.1 Å². The molecule has 2 fully saturated rings. The van der Waals surface area contributed by atoms with Crippen LogP contribution in [0.25, 0.3) is 0 Å². The van der Waals surface area contributed by atoms with Crippen molar-refractivity contribution in [2.75, 3.05) is 52.4 Å². The van der Waals surface area contributed by atoms with Crippen molar-refractivity contribution in [3.63, 3.8) is 0 Å². The minimum absolute atomic E-state index is 0. The van der Waals surface area contributed by atoms with Crippen molar-refractivity contribution in [1.29, 1.82) is 0 Å². The van der Waals surface area contributed by atoms with Crippen LogP contribution in [0.5, 0.6) is 0 Å². The molecule has 1 N–H and O–H groups in total. The molecule has 2 aliphatic heterocycles.